The molecule has 1 saturated carbocycles. The average molecular weight is 463 g/mol. The Balaban J connectivity index is 0.00000272. The highest BCUT2D eigenvalue weighted by Crippen LogP contribution is 2.42. The molecule has 0 saturated heterocycles. The third kappa shape index (κ3) is 4.84. The second-order valence-electron chi connectivity index (χ2n) is 8.10. The van der Waals surface area contributed by atoms with Crippen molar-refractivity contribution >= 4 is 24.0 Å². The lowest BCUT2D eigenvalue weighted by atomic mass is 9.68. The van der Waals surface area contributed by atoms with E-state index in [1.54, 1.807) is 21.5 Å². The number of hydrogen-bond donors (Lipinski definition) is 1. The lowest BCUT2D eigenvalue weighted by molar-refractivity contribution is 0.221. The summed E-state index contributed by atoms with van der Waals surface area (Å²) in [6.45, 7) is 2.66. The third-order valence-electron chi connectivity index (χ3n) is 6.18. The molecule has 1 fully saturated rings. The van der Waals surface area contributed by atoms with Crippen LogP contribution in [0.4, 0.5) is 0 Å². The molecule has 1 aromatic carbocycles. The topological polar surface area (TPSA) is 91.6 Å². The predicted octanol–water partition coefficient (Wildman–Crippen LogP) is 3.86. The quantitative estimate of drug-likeness (QED) is 0.600. The molecule has 1 aliphatic rings. The first-order valence-corrected chi connectivity index (χ1v) is 10.9. The van der Waals surface area contributed by atoms with Gasteiger partial charge in [0.05, 0.1) is 17.9 Å². The van der Waals surface area contributed by atoms with E-state index in [2.05, 4.69) is 28.4 Å². The van der Waals surface area contributed by atoms with Crippen LogP contribution >= 0.6 is 24.0 Å². The fourth-order valence-corrected chi connectivity index (χ4v) is 4.60. The molecule has 0 spiro atoms. The van der Waals surface area contributed by atoms with Crippen molar-refractivity contribution in [2.45, 2.75) is 56.9 Å². The zero-order valence-electron chi connectivity index (χ0n) is 17.6. The third-order valence-corrected chi connectivity index (χ3v) is 6.41. The lowest BCUT2D eigenvalue weighted by Crippen LogP contribution is -2.41. The molecule has 0 bridgehead atoms. The van der Waals surface area contributed by atoms with Crippen LogP contribution in [0, 0.1) is 0 Å². The number of nitrogens with zero attached hydrogens (tertiary/aromatic N) is 5. The summed E-state index contributed by atoms with van der Waals surface area (Å²) in [5, 5.41) is 13.7. The van der Waals surface area contributed by atoms with Gasteiger partial charge in [-0.05, 0) is 55.9 Å². The molecule has 7 nitrogen and oxygen atoms in total. The van der Waals surface area contributed by atoms with E-state index in [1.165, 1.54) is 5.56 Å². The van der Waals surface area contributed by atoms with Gasteiger partial charge in [-0.1, -0.05) is 42.3 Å². The van der Waals surface area contributed by atoms with Gasteiger partial charge >= 0.3 is 0 Å². The van der Waals surface area contributed by atoms with E-state index in [0.717, 1.165) is 49.2 Å². The minimum atomic E-state index is -0.108. The summed E-state index contributed by atoms with van der Waals surface area (Å²) < 4.78 is 3.24. The molecule has 2 aromatic heterocycles. The van der Waals surface area contributed by atoms with E-state index in [1.807, 2.05) is 24.4 Å². The normalized spacial score (nSPS) is 20.9. The molecule has 0 unspecified atom stereocenters. The first kappa shape index (κ1) is 23.4. The number of nitrogens with two attached hydrogens (primary N) is 1. The van der Waals surface area contributed by atoms with Crippen LogP contribution in [0.2, 0.25) is 5.02 Å². The van der Waals surface area contributed by atoms with Gasteiger partial charge in [-0.2, -0.15) is 0 Å². The van der Waals surface area contributed by atoms with Crippen molar-refractivity contribution in [2.24, 2.45) is 5.73 Å². The van der Waals surface area contributed by atoms with Crippen molar-refractivity contribution in [3.05, 3.63) is 69.2 Å². The molecule has 1 aliphatic carbocycles. The summed E-state index contributed by atoms with van der Waals surface area (Å²) in [4.78, 5) is 12.6. The largest absolute Gasteiger partial charge is 0.330 e. The zero-order valence-corrected chi connectivity index (χ0v) is 19.1. The molecule has 4 rings (SSSR count). The highest BCUT2D eigenvalue weighted by molar-refractivity contribution is 6.30. The zero-order chi connectivity index (χ0) is 21.1. The van der Waals surface area contributed by atoms with E-state index in [-0.39, 0.29) is 29.4 Å². The lowest BCUT2D eigenvalue weighted by Gasteiger charge is -2.40. The molecule has 2 N–H and O–H groups in total. The van der Waals surface area contributed by atoms with Crippen LogP contribution in [0.1, 0.15) is 56.3 Å². The highest BCUT2D eigenvalue weighted by atomic mass is 35.5. The maximum atomic E-state index is 12.6. The van der Waals surface area contributed by atoms with Crippen molar-refractivity contribution in [3.8, 4) is 5.82 Å². The van der Waals surface area contributed by atoms with Gasteiger partial charge in [-0.3, -0.25) is 4.79 Å². The summed E-state index contributed by atoms with van der Waals surface area (Å²) in [6.07, 6.45) is 7.18. The number of aromatic nitrogens is 5. The molecule has 31 heavy (non-hydrogen) atoms. The van der Waals surface area contributed by atoms with Crippen LogP contribution in [0.25, 0.3) is 5.82 Å². The van der Waals surface area contributed by atoms with E-state index in [0.29, 0.717) is 12.4 Å². The van der Waals surface area contributed by atoms with Crippen LogP contribution in [-0.2, 0) is 11.8 Å². The van der Waals surface area contributed by atoms with E-state index >= 15 is 0 Å². The van der Waals surface area contributed by atoms with Gasteiger partial charge in [0.2, 0.25) is 0 Å². The van der Waals surface area contributed by atoms with Crippen LogP contribution in [0.5, 0.6) is 0 Å². The summed E-state index contributed by atoms with van der Waals surface area (Å²) in [5.41, 5.74) is 8.11. The second-order valence-corrected chi connectivity index (χ2v) is 8.54. The molecule has 2 heterocycles. The first-order chi connectivity index (χ1) is 14.5. The minimum Gasteiger partial charge on any atom is -0.330 e. The molecule has 9 heteroatoms. The summed E-state index contributed by atoms with van der Waals surface area (Å²) in [5.74, 6) is 0.606. The Kier molecular flexibility index (Phi) is 7.51. The number of hydrogen-bond acceptors (Lipinski definition) is 5. The number of benzene rings is 1. The number of halogens is 2. The summed E-state index contributed by atoms with van der Waals surface area (Å²) in [7, 11) is 0. The molecule has 166 valence electrons. The van der Waals surface area contributed by atoms with Crippen molar-refractivity contribution in [3.63, 3.8) is 0 Å². The van der Waals surface area contributed by atoms with E-state index in [9.17, 15) is 4.79 Å². The molecule has 0 aliphatic heterocycles. The second kappa shape index (κ2) is 9.94. The van der Waals surface area contributed by atoms with Crippen molar-refractivity contribution in [1.82, 2.24) is 24.8 Å². The SMILES string of the molecule is CCCc1cn(-c2ccc(=O)n([C@H]3CC[C@](CN)(c4cccc(Cl)c4)CC3)n2)nn1.Cl. The first-order valence-electron chi connectivity index (χ1n) is 10.5. The minimum absolute atomic E-state index is 0. The fraction of sp³-hybridized carbons (Fsp3) is 0.455. The van der Waals surface area contributed by atoms with Crippen molar-refractivity contribution in [2.75, 3.05) is 6.54 Å². The molecular formula is C22H28Cl2N6O. The molecule has 0 atom stereocenters. The van der Waals surface area contributed by atoms with Crippen LogP contribution in [0.15, 0.2) is 47.4 Å². The fourth-order valence-electron chi connectivity index (χ4n) is 4.41. The van der Waals surface area contributed by atoms with Gasteiger partial charge in [0.25, 0.3) is 5.56 Å². The number of rotatable bonds is 6. The van der Waals surface area contributed by atoms with Gasteiger partial charge < -0.3 is 5.73 Å². The Morgan fingerprint density at radius 2 is 2.00 bits per heavy atom. The predicted molar refractivity (Wildman–Crippen MR) is 124 cm³/mol. The summed E-state index contributed by atoms with van der Waals surface area (Å²) >= 11 is 6.22. The standard InChI is InChI=1S/C22H27ClN6O.ClH/c1-2-4-18-14-28(27-25-18)20-7-8-21(30)29(26-20)19-9-11-22(15-24,12-10-19)16-5-3-6-17(23)13-16;/h3,5-8,13-14,19H,2,4,9-12,15,24H2,1H3;1H/t19-,22-;. The molecule has 0 amide bonds. The number of aryl methyl sites for hydroxylation is 1. The molecular weight excluding hydrogens is 435 g/mol. The summed E-state index contributed by atoms with van der Waals surface area (Å²) in [6, 6.07) is 11.3. The average Bonchev–Trinajstić information content (AvgIpc) is 3.23. The van der Waals surface area contributed by atoms with Crippen LogP contribution in [0.3, 0.4) is 0 Å². The van der Waals surface area contributed by atoms with Gasteiger partial charge in [0.15, 0.2) is 5.82 Å². The van der Waals surface area contributed by atoms with E-state index in [4.69, 9.17) is 17.3 Å². The van der Waals surface area contributed by atoms with Crippen LogP contribution < -0.4 is 11.3 Å². The Labute approximate surface area is 193 Å². The van der Waals surface area contributed by atoms with Gasteiger partial charge in [-0.25, -0.2) is 9.36 Å². The maximum Gasteiger partial charge on any atom is 0.267 e. The van der Waals surface area contributed by atoms with Crippen LogP contribution in [-0.4, -0.2) is 31.3 Å². The smallest absolute Gasteiger partial charge is 0.267 e. The Morgan fingerprint density at radius 1 is 1.23 bits per heavy atom. The van der Waals surface area contributed by atoms with Gasteiger partial charge in [0.1, 0.15) is 0 Å². The Morgan fingerprint density at radius 3 is 2.68 bits per heavy atom. The van der Waals surface area contributed by atoms with Crippen molar-refractivity contribution < 1.29 is 0 Å². The van der Waals surface area contributed by atoms with Gasteiger partial charge in [0, 0.05) is 23.0 Å². The highest BCUT2D eigenvalue weighted by Gasteiger charge is 2.37. The Bertz CT molecular complexity index is 1070. The maximum absolute atomic E-state index is 12.6. The molecule has 0 radical (unpaired) electrons. The molecule has 3 aromatic rings. The van der Waals surface area contributed by atoms with E-state index < -0.39 is 0 Å². The van der Waals surface area contributed by atoms with Gasteiger partial charge in [-0.15, -0.1) is 22.6 Å². The van der Waals surface area contributed by atoms with Crippen molar-refractivity contribution in [1.29, 1.82) is 0 Å². The monoisotopic (exact) mass is 462 g/mol. The Hall–Kier alpha value is -2.22.